The van der Waals surface area contributed by atoms with Crippen LogP contribution in [0.1, 0.15) is 42.3 Å². The fourth-order valence-electron chi connectivity index (χ4n) is 3.17. The number of halogens is 1. The van der Waals surface area contributed by atoms with Crippen LogP contribution in [-0.4, -0.2) is 22.1 Å². The molecule has 27 heavy (non-hydrogen) atoms. The SMILES string of the molecule is COc1cc(OCc2ncc(C)cc2F)ccc1-c1cnc(C2CCC2)[nH]1. The number of aryl methyl sites for hydroxylation is 1. The zero-order valence-corrected chi connectivity index (χ0v) is 15.5. The Hall–Kier alpha value is -2.89. The summed E-state index contributed by atoms with van der Waals surface area (Å²) in [5.74, 6) is 2.49. The fourth-order valence-corrected chi connectivity index (χ4v) is 3.17. The largest absolute Gasteiger partial charge is 0.496 e. The van der Waals surface area contributed by atoms with Crippen LogP contribution in [0.15, 0.2) is 36.7 Å². The van der Waals surface area contributed by atoms with Gasteiger partial charge in [-0.1, -0.05) is 6.42 Å². The Morgan fingerprint density at radius 3 is 2.74 bits per heavy atom. The van der Waals surface area contributed by atoms with Crippen molar-refractivity contribution in [1.82, 2.24) is 15.0 Å². The van der Waals surface area contributed by atoms with Crippen LogP contribution in [0.3, 0.4) is 0 Å². The predicted octanol–water partition coefficient (Wildman–Crippen LogP) is 4.77. The average molecular weight is 367 g/mol. The minimum absolute atomic E-state index is 0.0600. The van der Waals surface area contributed by atoms with Crippen LogP contribution >= 0.6 is 0 Å². The molecule has 0 spiro atoms. The molecule has 1 aromatic carbocycles. The van der Waals surface area contributed by atoms with E-state index < -0.39 is 0 Å². The maximum Gasteiger partial charge on any atom is 0.148 e. The Morgan fingerprint density at radius 2 is 2.04 bits per heavy atom. The summed E-state index contributed by atoms with van der Waals surface area (Å²) in [7, 11) is 1.62. The van der Waals surface area contributed by atoms with Gasteiger partial charge in [-0.15, -0.1) is 0 Å². The van der Waals surface area contributed by atoms with Gasteiger partial charge < -0.3 is 14.5 Å². The van der Waals surface area contributed by atoms with E-state index in [-0.39, 0.29) is 18.1 Å². The van der Waals surface area contributed by atoms with Gasteiger partial charge in [-0.3, -0.25) is 4.98 Å². The van der Waals surface area contributed by atoms with E-state index in [1.807, 2.05) is 18.3 Å². The Labute approximate surface area is 157 Å². The second kappa shape index (κ2) is 7.39. The van der Waals surface area contributed by atoms with E-state index in [0.717, 1.165) is 22.6 Å². The van der Waals surface area contributed by atoms with Gasteiger partial charge in [-0.2, -0.15) is 0 Å². The standard InChI is InChI=1S/C21H22FN3O2/c1-13-8-17(22)19(23-10-13)12-27-15-6-7-16(20(9-15)26-2)18-11-24-21(25-18)14-4-3-5-14/h6-11,14H,3-5,12H2,1-2H3,(H,24,25). The number of ether oxygens (including phenoxy) is 2. The lowest BCUT2D eigenvalue weighted by molar-refractivity contribution is 0.292. The van der Waals surface area contributed by atoms with Gasteiger partial charge in [0.05, 0.1) is 19.0 Å². The molecule has 1 saturated carbocycles. The highest BCUT2D eigenvalue weighted by Gasteiger charge is 2.23. The first-order valence-corrected chi connectivity index (χ1v) is 9.11. The molecule has 0 radical (unpaired) electrons. The Bertz CT molecular complexity index is 950. The van der Waals surface area contributed by atoms with E-state index in [1.165, 1.54) is 25.3 Å². The molecule has 1 aliphatic rings. The third-order valence-electron chi connectivity index (χ3n) is 4.98. The lowest BCUT2D eigenvalue weighted by Crippen LogP contribution is -2.10. The van der Waals surface area contributed by atoms with E-state index in [1.54, 1.807) is 26.3 Å². The van der Waals surface area contributed by atoms with Crippen LogP contribution in [0, 0.1) is 12.7 Å². The molecule has 0 aliphatic heterocycles. The quantitative estimate of drug-likeness (QED) is 0.681. The summed E-state index contributed by atoms with van der Waals surface area (Å²) in [5, 5.41) is 0. The van der Waals surface area contributed by atoms with Gasteiger partial charge in [0.15, 0.2) is 0 Å². The topological polar surface area (TPSA) is 60.0 Å². The maximum atomic E-state index is 13.9. The molecule has 1 aliphatic carbocycles. The molecule has 5 nitrogen and oxygen atoms in total. The van der Waals surface area contributed by atoms with Crippen LogP contribution in [-0.2, 0) is 6.61 Å². The van der Waals surface area contributed by atoms with Crippen molar-refractivity contribution in [2.75, 3.05) is 7.11 Å². The van der Waals surface area contributed by atoms with Gasteiger partial charge in [-0.25, -0.2) is 9.37 Å². The van der Waals surface area contributed by atoms with E-state index in [2.05, 4.69) is 15.0 Å². The van der Waals surface area contributed by atoms with Gasteiger partial charge in [-0.05, 0) is 43.5 Å². The van der Waals surface area contributed by atoms with Crippen molar-refractivity contribution < 1.29 is 13.9 Å². The number of rotatable bonds is 6. The van der Waals surface area contributed by atoms with Crippen LogP contribution in [0.2, 0.25) is 0 Å². The third-order valence-corrected chi connectivity index (χ3v) is 4.98. The summed E-state index contributed by atoms with van der Waals surface area (Å²) in [4.78, 5) is 12.0. The van der Waals surface area contributed by atoms with E-state index >= 15 is 0 Å². The molecule has 4 rings (SSSR count). The Kier molecular flexibility index (Phi) is 4.79. The van der Waals surface area contributed by atoms with E-state index in [0.29, 0.717) is 17.4 Å². The summed E-state index contributed by atoms with van der Waals surface area (Å²) in [5.41, 5.74) is 2.90. The number of H-pyrrole nitrogens is 1. The number of aromatic nitrogens is 3. The molecule has 140 valence electrons. The van der Waals surface area contributed by atoms with Crippen molar-refractivity contribution in [1.29, 1.82) is 0 Å². The van der Waals surface area contributed by atoms with E-state index in [4.69, 9.17) is 9.47 Å². The van der Waals surface area contributed by atoms with Crippen molar-refractivity contribution >= 4 is 0 Å². The van der Waals surface area contributed by atoms with Crippen LogP contribution in [0.4, 0.5) is 4.39 Å². The molecular weight excluding hydrogens is 345 g/mol. The molecule has 0 atom stereocenters. The fraction of sp³-hybridized carbons (Fsp3) is 0.333. The zero-order valence-electron chi connectivity index (χ0n) is 15.5. The smallest absolute Gasteiger partial charge is 0.148 e. The number of aromatic amines is 1. The van der Waals surface area contributed by atoms with Gasteiger partial charge in [0.1, 0.15) is 35.4 Å². The van der Waals surface area contributed by atoms with Crippen molar-refractivity contribution in [3.63, 3.8) is 0 Å². The minimum Gasteiger partial charge on any atom is -0.496 e. The average Bonchev–Trinajstić information content (AvgIpc) is 3.08. The molecule has 1 N–H and O–H groups in total. The maximum absolute atomic E-state index is 13.9. The van der Waals surface area contributed by atoms with Gasteiger partial charge in [0.2, 0.25) is 0 Å². The number of nitrogens with zero attached hydrogens (tertiary/aromatic N) is 2. The number of nitrogens with one attached hydrogen (secondary N) is 1. The summed E-state index contributed by atoms with van der Waals surface area (Å²) < 4.78 is 25.1. The van der Waals surface area contributed by atoms with Crippen LogP contribution in [0.5, 0.6) is 11.5 Å². The molecule has 0 saturated heterocycles. The lowest BCUT2D eigenvalue weighted by atomic mass is 9.85. The molecule has 2 heterocycles. The van der Waals surface area contributed by atoms with Crippen molar-refractivity contribution in [2.45, 2.75) is 38.7 Å². The number of hydrogen-bond acceptors (Lipinski definition) is 4. The van der Waals surface area contributed by atoms with Gasteiger partial charge >= 0.3 is 0 Å². The van der Waals surface area contributed by atoms with Gasteiger partial charge in [0, 0.05) is 23.7 Å². The number of pyridine rings is 1. The molecule has 1 fully saturated rings. The van der Waals surface area contributed by atoms with Gasteiger partial charge in [0.25, 0.3) is 0 Å². The molecule has 3 aromatic rings. The third kappa shape index (κ3) is 3.65. The highest BCUT2D eigenvalue weighted by molar-refractivity contribution is 5.68. The predicted molar refractivity (Wildman–Crippen MR) is 100 cm³/mol. The minimum atomic E-state index is -0.362. The number of benzene rings is 1. The number of imidazole rings is 1. The van der Waals surface area contributed by atoms with Crippen LogP contribution < -0.4 is 9.47 Å². The Balaban J connectivity index is 1.51. The molecule has 0 amide bonds. The van der Waals surface area contributed by atoms with Crippen molar-refractivity contribution in [2.24, 2.45) is 0 Å². The zero-order chi connectivity index (χ0) is 18.8. The first-order valence-electron chi connectivity index (χ1n) is 9.11. The Morgan fingerprint density at radius 1 is 1.19 bits per heavy atom. The van der Waals surface area contributed by atoms with Crippen molar-refractivity contribution in [3.8, 4) is 22.8 Å². The first-order chi connectivity index (χ1) is 13.1. The van der Waals surface area contributed by atoms with Crippen molar-refractivity contribution in [3.05, 3.63) is 59.6 Å². The molecule has 0 bridgehead atoms. The monoisotopic (exact) mass is 367 g/mol. The van der Waals surface area contributed by atoms with Crippen LogP contribution in [0.25, 0.3) is 11.3 Å². The molecule has 0 unspecified atom stereocenters. The number of hydrogen-bond donors (Lipinski definition) is 1. The summed E-state index contributed by atoms with van der Waals surface area (Å²) >= 11 is 0. The molecular formula is C21H22FN3O2. The second-order valence-corrected chi connectivity index (χ2v) is 6.90. The number of methoxy groups -OCH3 is 1. The molecule has 2 aromatic heterocycles. The highest BCUT2D eigenvalue weighted by atomic mass is 19.1. The first kappa shape index (κ1) is 17.5. The lowest BCUT2D eigenvalue weighted by Gasteiger charge is -2.22. The second-order valence-electron chi connectivity index (χ2n) is 6.90. The normalized spacial score (nSPS) is 14.0. The highest BCUT2D eigenvalue weighted by Crippen LogP contribution is 2.37. The summed E-state index contributed by atoms with van der Waals surface area (Å²) in [6.07, 6.45) is 7.13. The van der Waals surface area contributed by atoms with E-state index in [9.17, 15) is 4.39 Å². The summed E-state index contributed by atoms with van der Waals surface area (Å²) in [6.45, 7) is 1.86. The molecule has 6 heteroatoms. The summed E-state index contributed by atoms with van der Waals surface area (Å²) in [6, 6.07) is 7.01.